The van der Waals surface area contributed by atoms with Gasteiger partial charge in [-0.2, -0.15) is 4.31 Å². The summed E-state index contributed by atoms with van der Waals surface area (Å²) in [6.07, 6.45) is 3.64. The summed E-state index contributed by atoms with van der Waals surface area (Å²) in [6.45, 7) is 12.5. The van der Waals surface area contributed by atoms with Crippen molar-refractivity contribution in [1.29, 1.82) is 0 Å². The van der Waals surface area contributed by atoms with E-state index in [1.807, 2.05) is 34.6 Å². The maximum Gasteiger partial charge on any atom is 0.245 e. The molecule has 2 aliphatic rings. The summed E-state index contributed by atoms with van der Waals surface area (Å²) >= 11 is 0. The van der Waals surface area contributed by atoms with E-state index in [9.17, 15) is 13.2 Å². The van der Waals surface area contributed by atoms with Gasteiger partial charge in [0.25, 0.3) is 0 Å². The molecule has 168 valence electrons. The summed E-state index contributed by atoms with van der Waals surface area (Å²) in [7, 11) is -3.58. The van der Waals surface area contributed by atoms with Gasteiger partial charge in [-0.3, -0.25) is 9.69 Å². The Hall–Kier alpha value is -1.71. The van der Waals surface area contributed by atoms with Crippen LogP contribution in [0.5, 0.6) is 0 Å². The van der Waals surface area contributed by atoms with E-state index in [1.54, 1.807) is 12.1 Å². The first-order valence-electron chi connectivity index (χ1n) is 10.9. The molecular weight excluding hydrogens is 402 g/mol. The van der Waals surface area contributed by atoms with Crippen LogP contribution in [0.3, 0.4) is 0 Å². The molecule has 1 atom stereocenters. The van der Waals surface area contributed by atoms with Crippen LogP contribution in [0.15, 0.2) is 23.2 Å². The molecule has 2 fully saturated rings. The Morgan fingerprint density at radius 3 is 2.13 bits per heavy atom. The van der Waals surface area contributed by atoms with Gasteiger partial charge in [-0.15, -0.1) is 0 Å². The topological polar surface area (TPSA) is 85.8 Å². The standard InChI is InChI=1S/C21H35N5O3S/c1-15(2)26(16(3)4)30(28,29)19-8-9-20(22-14-19)25-12-10-24(11-13-25)17(5)21(27)23-18-6-7-18/h8-9,14-18H,6-7,10-13H2,1-5H3,(H,23,27). The summed E-state index contributed by atoms with van der Waals surface area (Å²) in [5.41, 5.74) is 0. The Bertz CT molecular complexity index is 821. The largest absolute Gasteiger partial charge is 0.354 e. The summed E-state index contributed by atoms with van der Waals surface area (Å²) in [5, 5.41) is 3.07. The molecule has 1 saturated heterocycles. The molecular formula is C21H35N5O3S. The van der Waals surface area contributed by atoms with Crippen molar-refractivity contribution in [1.82, 2.24) is 19.5 Å². The zero-order chi connectivity index (χ0) is 22.1. The number of anilines is 1. The number of pyridine rings is 1. The summed E-state index contributed by atoms with van der Waals surface area (Å²) in [5.74, 6) is 0.878. The third-order valence-electron chi connectivity index (χ3n) is 5.80. The molecule has 2 heterocycles. The van der Waals surface area contributed by atoms with Crippen molar-refractivity contribution in [2.24, 2.45) is 0 Å². The average Bonchev–Trinajstić information content (AvgIpc) is 3.50. The fourth-order valence-corrected chi connectivity index (χ4v) is 5.82. The molecule has 1 aliphatic carbocycles. The molecule has 30 heavy (non-hydrogen) atoms. The summed E-state index contributed by atoms with van der Waals surface area (Å²) in [6, 6.07) is 3.43. The lowest BCUT2D eigenvalue weighted by Crippen LogP contribution is -2.54. The molecule has 1 unspecified atom stereocenters. The molecule has 1 saturated carbocycles. The number of hydrogen-bond acceptors (Lipinski definition) is 6. The van der Waals surface area contributed by atoms with Gasteiger partial charge in [0.2, 0.25) is 15.9 Å². The number of piperazine rings is 1. The van der Waals surface area contributed by atoms with Crippen LogP contribution in [-0.4, -0.2) is 78.9 Å². The molecule has 1 aromatic heterocycles. The highest BCUT2D eigenvalue weighted by Gasteiger charge is 2.31. The number of carbonyl (C=O) groups excluding carboxylic acids is 1. The van der Waals surface area contributed by atoms with Crippen molar-refractivity contribution in [2.45, 2.75) is 76.5 Å². The van der Waals surface area contributed by atoms with Crippen molar-refractivity contribution in [3.8, 4) is 0 Å². The number of hydrogen-bond donors (Lipinski definition) is 1. The van der Waals surface area contributed by atoms with E-state index in [0.29, 0.717) is 6.04 Å². The Morgan fingerprint density at radius 2 is 1.67 bits per heavy atom. The van der Waals surface area contributed by atoms with E-state index in [2.05, 4.69) is 20.1 Å². The molecule has 0 radical (unpaired) electrons. The van der Waals surface area contributed by atoms with Crippen LogP contribution in [0, 0.1) is 0 Å². The van der Waals surface area contributed by atoms with Crippen molar-refractivity contribution in [3.05, 3.63) is 18.3 Å². The van der Waals surface area contributed by atoms with E-state index in [1.165, 1.54) is 10.5 Å². The second kappa shape index (κ2) is 9.20. The number of amides is 1. The Labute approximate surface area is 180 Å². The van der Waals surface area contributed by atoms with Gasteiger partial charge in [-0.05, 0) is 59.6 Å². The molecule has 9 heteroatoms. The predicted octanol–water partition coefficient (Wildman–Crippen LogP) is 1.68. The van der Waals surface area contributed by atoms with Gasteiger partial charge in [-0.1, -0.05) is 0 Å². The lowest BCUT2D eigenvalue weighted by Gasteiger charge is -2.38. The number of sulfonamides is 1. The number of nitrogens with zero attached hydrogens (tertiary/aromatic N) is 4. The maximum absolute atomic E-state index is 13.0. The van der Waals surface area contributed by atoms with Crippen molar-refractivity contribution < 1.29 is 13.2 Å². The smallest absolute Gasteiger partial charge is 0.245 e. The molecule has 0 bridgehead atoms. The number of rotatable bonds is 8. The SMILES string of the molecule is CC(C(=O)NC1CC1)N1CCN(c2ccc(S(=O)(=O)N(C(C)C)C(C)C)cn2)CC1. The Balaban J connectivity index is 1.61. The zero-order valence-electron chi connectivity index (χ0n) is 18.7. The van der Waals surface area contributed by atoms with Gasteiger partial charge < -0.3 is 10.2 Å². The van der Waals surface area contributed by atoms with Crippen LogP contribution in [0.4, 0.5) is 5.82 Å². The lowest BCUT2D eigenvalue weighted by molar-refractivity contribution is -0.126. The Kier molecular flexibility index (Phi) is 7.04. The molecule has 1 amide bonds. The van der Waals surface area contributed by atoms with Crippen LogP contribution in [0.25, 0.3) is 0 Å². The first-order valence-corrected chi connectivity index (χ1v) is 12.3. The number of carbonyl (C=O) groups is 1. The highest BCUT2D eigenvalue weighted by atomic mass is 32.2. The average molecular weight is 438 g/mol. The van der Waals surface area contributed by atoms with E-state index in [-0.39, 0.29) is 28.9 Å². The highest BCUT2D eigenvalue weighted by molar-refractivity contribution is 7.89. The predicted molar refractivity (Wildman–Crippen MR) is 118 cm³/mol. The van der Waals surface area contributed by atoms with Crippen LogP contribution in [-0.2, 0) is 14.8 Å². The Morgan fingerprint density at radius 1 is 1.07 bits per heavy atom. The maximum atomic E-state index is 13.0. The molecule has 0 aromatic carbocycles. The fraction of sp³-hybridized carbons (Fsp3) is 0.714. The lowest BCUT2D eigenvalue weighted by atomic mass is 10.2. The van der Waals surface area contributed by atoms with Gasteiger partial charge in [0.05, 0.1) is 6.04 Å². The molecule has 8 nitrogen and oxygen atoms in total. The molecule has 1 N–H and O–H groups in total. The molecule has 1 aliphatic heterocycles. The van der Waals surface area contributed by atoms with Crippen molar-refractivity contribution >= 4 is 21.7 Å². The van der Waals surface area contributed by atoms with Crippen molar-refractivity contribution in [3.63, 3.8) is 0 Å². The minimum absolute atomic E-state index is 0.110. The van der Waals surface area contributed by atoms with Gasteiger partial charge in [0.1, 0.15) is 10.7 Å². The first-order chi connectivity index (χ1) is 14.1. The molecule has 0 spiro atoms. The summed E-state index contributed by atoms with van der Waals surface area (Å²) < 4.78 is 27.5. The zero-order valence-corrected chi connectivity index (χ0v) is 19.5. The molecule has 3 rings (SSSR count). The highest BCUT2D eigenvalue weighted by Crippen LogP contribution is 2.23. The van der Waals surface area contributed by atoms with Gasteiger partial charge in [-0.25, -0.2) is 13.4 Å². The fourth-order valence-electron chi connectivity index (χ4n) is 4.04. The van der Waals surface area contributed by atoms with E-state index in [4.69, 9.17) is 0 Å². The minimum atomic E-state index is -3.58. The number of nitrogens with one attached hydrogen (secondary N) is 1. The van der Waals surface area contributed by atoms with Crippen molar-refractivity contribution in [2.75, 3.05) is 31.1 Å². The third-order valence-corrected chi connectivity index (χ3v) is 8.04. The monoisotopic (exact) mass is 437 g/mol. The van der Waals surface area contributed by atoms with E-state index in [0.717, 1.165) is 44.8 Å². The van der Waals surface area contributed by atoms with Gasteiger partial charge in [0.15, 0.2) is 0 Å². The van der Waals surface area contributed by atoms with Crippen LogP contribution in [0.2, 0.25) is 0 Å². The van der Waals surface area contributed by atoms with Gasteiger partial charge >= 0.3 is 0 Å². The van der Waals surface area contributed by atoms with Gasteiger partial charge in [0, 0.05) is 50.5 Å². The molecule has 1 aromatic rings. The number of aromatic nitrogens is 1. The second-order valence-corrected chi connectivity index (χ2v) is 10.7. The van der Waals surface area contributed by atoms with E-state index >= 15 is 0 Å². The minimum Gasteiger partial charge on any atom is -0.354 e. The van der Waals surface area contributed by atoms with Crippen LogP contribution in [0.1, 0.15) is 47.5 Å². The van der Waals surface area contributed by atoms with E-state index < -0.39 is 10.0 Å². The van der Waals surface area contributed by atoms with Crippen LogP contribution < -0.4 is 10.2 Å². The normalized spacial score (nSPS) is 19.5. The summed E-state index contributed by atoms with van der Waals surface area (Å²) in [4.78, 5) is 21.3. The first kappa shape index (κ1) is 23.0. The van der Waals surface area contributed by atoms with Crippen LogP contribution >= 0.6 is 0 Å². The second-order valence-electron chi connectivity index (χ2n) is 8.86. The third kappa shape index (κ3) is 5.12. The quantitative estimate of drug-likeness (QED) is 0.666.